The van der Waals surface area contributed by atoms with Crippen molar-refractivity contribution in [1.82, 2.24) is 0 Å². The van der Waals surface area contributed by atoms with Crippen LogP contribution in [0.3, 0.4) is 0 Å². The summed E-state index contributed by atoms with van der Waals surface area (Å²) in [4.78, 5) is 24.8. The van der Waals surface area contributed by atoms with Gasteiger partial charge in [-0.25, -0.2) is 0 Å². The monoisotopic (exact) mass is 375 g/mol. The average Bonchev–Trinajstić information content (AvgIpc) is 2.77. The standard InChI is InChI=1S/C17H14BrNO4/c1-23-15-5-3-2-4-11(15)14(20)9-17(22)12-7-6-10(18)8-13(12)19-16(17)21/h2-8,22H,9H2,1H3,(H,19,21). The molecule has 1 atom stereocenters. The number of ketones is 1. The van der Waals surface area contributed by atoms with E-state index >= 15 is 0 Å². The fourth-order valence-corrected chi connectivity index (χ4v) is 3.07. The van der Waals surface area contributed by atoms with Gasteiger partial charge in [0.15, 0.2) is 11.4 Å². The summed E-state index contributed by atoms with van der Waals surface area (Å²) in [6.45, 7) is 0. The number of carbonyl (C=O) groups excluding carboxylic acids is 2. The van der Waals surface area contributed by atoms with Gasteiger partial charge in [-0.1, -0.05) is 34.1 Å². The molecule has 5 nitrogen and oxygen atoms in total. The van der Waals surface area contributed by atoms with E-state index in [1.165, 1.54) is 7.11 Å². The predicted octanol–water partition coefficient (Wildman–Crippen LogP) is 2.87. The van der Waals surface area contributed by atoms with Crippen molar-refractivity contribution < 1.29 is 19.4 Å². The van der Waals surface area contributed by atoms with E-state index in [0.29, 0.717) is 22.6 Å². The quantitative estimate of drug-likeness (QED) is 0.805. The molecule has 1 unspecified atom stereocenters. The van der Waals surface area contributed by atoms with Crippen LogP contribution in [0.25, 0.3) is 0 Å². The van der Waals surface area contributed by atoms with Gasteiger partial charge in [0, 0.05) is 15.7 Å². The molecule has 0 spiro atoms. The second kappa shape index (κ2) is 5.79. The van der Waals surface area contributed by atoms with E-state index in [-0.39, 0.29) is 12.2 Å². The molecular weight excluding hydrogens is 362 g/mol. The number of aliphatic hydroxyl groups is 1. The second-order valence-corrected chi connectivity index (χ2v) is 6.22. The van der Waals surface area contributed by atoms with E-state index in [2.05, 4.69) is 21.2 Å². The number of ether oxygens (including phenoxy) is 1. The molecular formula is C17H14BrNO4. The maximum atomic E-state index is 12.6. The predicted molar refractivity (Wildman–Crippen MR) is 88.6 cm³/mol. The van der Waals surface area contributed by atoms with Crippen LogP contribution in [0, 0.1) is 0 Å². The molecule has 1 heterocycles. The zero-order chi connectivity index (χ0) is 16.6. The van der Waals surface area contributed by atoms with Gasteiger partial charge in [-0.3, -0.25) is 9.59 Å². The highest BCUT2D eigenvalue weighted by molar-refractivity contribution is 9.10. The van der Waals surface area contributed by atoms with E-state index in [9.17, 15) is 14.7 Å². The molecule has 6 heteroatoms. The van der Waals surface area contributed by atoms with Gasteiger partial charge in [0.1, 0.15) is 5.75 Å². The molecule has 0 aromatic heterocycles. The molecule has 1 aliphatic rings. The average molecular weight is 376 g/mol. The third kappa shape index (κ3) is 2.64. The molecule has 3 rings (SSSR count). The molecule has 1 aliphatic heterocycles. The van der Waals surface area contributed by atoms with Crippen LogP contribution >= 0.6 is 15.9 Å². The maximum Gasteiger partial charge on any atom is 0.261 e. The molecule has 0 bridgehead atoms. The summed E-state index contributed by atoms with van der Waals surface area (Å²) in [6.07, 6.45) is -0.353. The summed E-state index contributed by atoms with van der Waals surface area (Å²) in [5.74, 6) is -0.555. The first-order valence-corrected chi connectivity index (χ1v) is 7.75. The summed E-state index contributed by atoms with van der Waals surface area (Å²) in [5.41, 5.74) is -0.649. The Kier molecular flexibility index (Phi) is 3.95. The van der Waals surface area contributed by atoms with Crippen LogP contribution in [0.4, 0.5) is 5.69 Å². The van der Waals surface area contributed by atoms with Crippen LogP contribution in [0.1, 0.15) is 22.3 Å². The number of carbonyl (C=O) groups is 2. The summed E-state index contributed by atoms with van der Waals surface area (Å²) in [6, 6.07) is 11.8. The Morgan fingerprint density at radius 1 is 1.30 bits per heavy atom. The number of hydrogen-bond acceptors (Lipinski definition) is 4. The van der Waals surface area contributed by atoms with Gasteiger partial charge in [-0.15, -0.1) is 0 Å². The van der Waals surface area contributed by atoms with Crippen LogP contribution in [0.15, 0.2) is 46.9 Å². The topological polar surface area (TPSA) is 75.6 Å². The van der Waals surface area contributed by atoms with Gasteiger partial charge in [0.2, 0.25) is 0 Å². The van der Waals surface area contributed by atoms with Crippen molar-refractivity contribution in [2.75, 3.05) is 12.4 Å². The smallest absolute Gasteiger partial charge is 0.261 e. The fourth-order valence-electron chi connectivity index (χ4n) is 2.71. The summed E-state index contributed by atoms with van der Waals surface area (Å²) in [7, 11) is 1.47. The molecule has 2 aromatic carbocycles. The largest absolute Gasteiger partial charge is 0.496 e. The maximum absolute atomic E-state index is 12.6. The zero-order valence-corrected chi connectivity index (χ0v) is 13.9. The fraction of sp³-hybridized carbons (Fsp3) is 0.176. The lowest BCUT2D eigenvalue weighted by molar-refractivity contribution is -0.133. The number of rotatable bonds is 4. The van der Waals surface area contributed by atoms with Gasteiger partial charge in [-0.05, 0) is 24.3 Å². The molecule has 1 amide bonds. The molecule has 0 fully saturated rings. The van der Waals surface area contributed by atoms with Crippen molar-refractivity contribution in [3.8, 4) is 5.75 Å². The van der Waals surface area contributed by atoms with Crippen LogP contribution in [-0.4, -0.2) is 23.9 Å². The molecule has 2 N–H and O–H groups in total. The van der Waals surface area contributed by atoms with Crippen molar-refractivity contribution in [2.45, 2.75) is 12.0 Å². The van der Waals surface area contributed by atoms with E-state index in [1.807, 2.05) is 0 Å². The highest BCUT2D eigenvalue weighted by Gasteiger charge is 2.47. The van der Waals surface area contributed by atoms with Crippen LogP contribution < -0.4 is 10.1 Å². The Morgan fingerprint density at radius 2 is 2.04 bits per heavy atom. The minimum absolute atomic E-state index is 0.335. The molecule has 118 valence electrons. The Morgan fingerprint density at radius 3 is 2.78 bits per heavy atom. The van der Waals surface area contributed by atoms with Crippen LogP contribution in [-0.2, 0) is 10.4 Å². The highest BCUT2D eigenvalue weighted by Crippen LogP contribution is 2.40. The molecule has 0 radical (unpaired) electrons. The van der Waals surface area contributed by atoms with E-state index < -0.39 is 11.5 Å². The molecule has 0 saturated carbocycles. The minimum Gasteiger partial charge on any atom is -0.496 e. The SMILES string of the molecule is COc1ccccc1C(=O)CC1(O)C(=O)Nc2cc(Br)ccc21. The summed E-state index contributed by atoms with van der Waals surface area (Å²) >= 11 is 3.31. The number of methoxy groups -OCH3 is 1. The third-order valence-corrected chi connectivity index (χ3v) is 4.37. The highest BCUT2D eigenvalue weighted by atomic mass is 79.9. The van der Waals surface area contributed by atoms with Crippen LogP contribution in [0.2, 0.25) is 0 Å². The number of hydrogen-bond donors (Lipinski definition) is 2. The number of halogens is 1. The van der Waals surface area contributed by atoms with Gasteiger partial charge in [-0.2, -0.15) is 0 Å². The second-order valence-electron chi connectivity index (χ2n) is 5.30. The van der Waals surface area contributed by atoms with E-state index in [1.54, 1.807) is 42.5 Å². The number of fused-ring (bicyclic) bond motifs is 1. The van der Waals surface area contributed by atoms with Crippen molar-refractivity contribution in [2.24, 2.45) is 0 Å². The number of amides is 1. The van der Waals surface area contributed by atoms with Gasteiger partial charge in [0.05, 0.1) is 19.1 Å². The number of anilines is 1. The van der Waals surface area contributed by atoms with Gasteiger partial charge < -0.3 is 15.2 Å². The third-order valence-electron chi connectivity index (χ3n) is 3.87. The molecule has 0 saturated heterocycles. The van der Waals surface area contributed by atoms with Crippen LogP contribution in [0.5, 0.6) is 5.75 Å². The Labute approximate surface area is 141 Å². The zero-order valence-electron chi connectivity index (χ0n) is 12.3. The van der Waals surface area contributed by atoms with E-state index in [0.717, 1.165) is 4.47 Å². The lowest BCUT2D eigenvalue weighted by atomic mass is 9.88. The Hall–Kier alpha value is -2.18. The van der Waals surface area contributed by atoms with Crippen molar-refractivity contribution in [1.29, 1.82) is 0 Å². The summed E-state index contributed by atoms with van der Waals surface area (Å²) < 4.78 is 5.94. The Balaban J connectivity index is 1.96. The van der Waals surface area contributed by atoms with Crippen molar-refractivity contribution >= 4 is 33.3 Å². The summed E-state index contributed by atoms with van der Waals surface area (Å²) in [5, 5.41) is 13.4. The Bertz CT molecular complexity index is 805. The van der Waals surface area contributed by atoms with Gasteiger partial charge >= 0.3 is 0 Å². The number of nitrogens with one attached hydrogen (secondary N) is 1. The molecule has 2 aromatic rings. The van der Waals surface area contributed by atoms with Crippen molar-refractivity contribution in [3.05, 3.63) is 58.1 Å². The van der Waals surface area contributed by atoms with Gasteiger partial charge in [0.25, 0.3) is 5.91 Å². The first-order valence-electron chi connectivity index (χ1n) is 6.96. The lowest BCUT2D eigenvalue weighted by Gasteiger charge is -2.20. The number of para-hydroxylation sites is 1. The van der Waals surface area contributed by atoms with E-state index in [4.69, 9.17) is 4.74 Å². The number of benzene rings is 2. The molecule has 0 aliphatic carbocycles. The minimum atomic E-state index is -1.88. The number of Topliss-reactive ketones (excluding diaryl/α,β-unsaturated/α-hetero) is 1. The molecule has 23 heavy (non-hydrogen) atoms. The van der Waals surface area contributed by atoms with Crippen molar-refractivity contribution in [3.63, 3.8) is 0 Å². The normalized spacial score (nSPS) is 19.2. The lowest BCUT2D eigenvalue weighted by Crippen LogP contribution is -2.36. The first kappa shape index (κ1) is 15.7. The first-order chi connectivity index (χ1) is 11.0.